The average Bonchev–Trinajstić information content (AvgIpc) is 2.40. The van der Waals surface area contributed by atoms with Gasteiger partial charge in [-0.15, -0.1) is 0 Å². The molecule has 0 radical (unpaired) electrons. The van der Waals surface area contributed by atoms with E-state index in [0.29, 0.717) is 5.92 Å². The Morgan fingerprint density at radius 1 is 1.29 bits per heavy atom. The predicted octanol–water partition coefficient (Wildman–Crippen LogP) is 1.59. The molecule has 21 heavy (non-hydrogen) atoms. The maximum absolute atomic E-state index is 12.3. The molecule has 1 aliphatic carbocycles. The molecule has 0 saturated heterocycles. The maximum Gasteiger partial charge on any atom is 0.242 e. The van der Waals surface area contributed by atoms with E-state index >= 15 is 0 Å². The van der Waals surface area contributed by atoms with Crippen LogP contribution in [0.4, 0.5) is 0 Å². The second-order valence-electron chi connectivity index (χ2n) is 7.56. The van der Waals surface area contributed by atoms with Crippen molar-refractivity contribution in [1.82, 2.24) is 10.6 Å². The number of hydrogen-bond acceptors (Lipinski definition) is 3. The normalized spacial score (nSPS) is 27.8. The first-order valence-electron chi connectivity index (χ1n) is 7.83. The average molecular weight is 298 g/mol. The van der Waals surface area contributed by atoms with Crippen LogP contribution in [0.25, 0.3) is 0 Å². The zero-order valence-electron chi connectivity index (χ0n) is 14.0. The van der Waals surface area contributed by atoms with Crippen molar-refractivity contribution in [3.63, 3.8) is 0 Å². The van der Waals surface area contributed by atoms with Crippen LogP contribution in [0, 0.1) is 11.3 Å². The van der Waals surface area contributed by atoms with E-state index in [4.69, 9.17) is 0 Å². The third-order valence-electron chi connectivity index (χ3n) is 4.34. The number of hydrogen-bond donors (Lipinski definition) is 3. The smallest absolute Gasteiger partial charge is 0.242 e. The molecule has 5 nitrogen and oxygen atoms in total. The molecule has 0 bridgehead atoms. The van der Waals surface area contributed by atoms with E-state index in [1.807, 2.05) is 20.8 Å². The predicted molar refractivity (Wildman–Crippen MR) is 82.7 cm³/mol. The number of amides is 2. The summed E-state index contributed by atoms with van der Waals surface area (Å²) in [4.78, 5) is 24.2. The minimum absolute atomic E-state index is 0.0502. The Balaban J connectivity index is 2.60. The van der Waals surface area contributed by atoms with Crippen LogP contribution >= 0.6 is 0 Å². The van der Waals surface area contributed by atoms with Gasteiger partial charge in [-0.05, 0) is 38.5 Å². The highest BCUT2D eigenvalue weighted by Gasteiger charge is 2.36. The van der Waals surface area contributed by atoms with Crippen molar-refractivity contribution in [2.45, 2.75) is 71.9 Å². The highest BCUT2D eigenvalue weighted by molar-refractivity contribution is 5.89. The van der Waals surface area contributed by atoms with Crippen molar-refractivity contribution < 1.29 is 14.7 Å². The van der Waals surface area contributed by atoms with Gasteiger partial charge in [0.25, 0.3) is 0 Å². The Labute approximate surface area is 127 Å². The number of carbonyl (C=O) groups is 2. The van der Waals surface area contributed by atoms with Crippen LogP contribution in [0.5, 0.6) is 0 Å². The molecule has 1 rings (SSSR count). The van der Waals surface area contributed by atoms with Crippen LogP contribution in [0.3, 0.4) is 0 Å². The van der Waals surface area contributed by atoms with Crippen molar-refractivity contribution >= 4 is 11.8 Å². The summed E-state index contributed by atoms with van der Waals surface area (Å²) in [5.41, 5.74) is -1.05. The fraction of sp³-hybridized carbons (Fsp3) is 0.875. The second-order valence-corrected chi connectivity index (χ2v) is 7.56. The van der Waals surface area contributed by atoms with E-state index in [1.165, 1.54) is 0 Å². The molecule has 3 N–H and O–H groups in total. The lowest BCUT2D eigenvalue weighted by Crippen LogP contribution is -2.58. The highest BCUT2D eigenvalue weighted by Crippen LogP contribution is 2.31. The standard InChI is InChI=1S/C16H30N2O3/c1-11-6-8-16(10-19,9-7-11)18-13(20)12(2)17-14(21)15(3,4)5/h11-12,19H,6-10H2,1-5H3,(H,17,21)(H,18,20). The monoisotopic (exact) mass is 298 g/mol. The fourth-order valence-corrected chi connectivity index (χ4v) is 2.49. The molecule has 0 spiro atoms. The number of aliphatic hydroxyl groups excluding tert-OH is 1. The molecular weight excluding hydrogens is 268 g/mol. The zero-order valence-corrected chi connectivity index (χ0v) is 14.0. The summed E-state index contributed by atoms with van der Waals surface area (Å²) in [6.07, 6.45) is 3.58. The van der Waals surface area contributed by atoms with E-state index in [2.05, 4.69) is 17.6 Å². The summed E-state index contributed by atoms with van der Waals surface area (Å²) in [6.45, 7) is 9.25. The molecule has 1 saturated carbocycles. The van der Waals surface area contributed by atoms with Crippen LogP contribution in [-0.2, 0) is 9.59 Å². The summed E-state index contributed by atoms with van der Waals surface area (Å²) in [5.74, 6) is 0.260. The maximum atomic E-state index is 12.3. The van der Waals surface area contributed by atoms with Gasteiger partial charge in [0, 0.05) is 5.41 Å². The van der Waals surface area contributed by atoms with Crippen molar-refractivity contribution in [1.29, 1.82) is 0 Å². The van der Waals surface area contributed by atoms with Crippen molar-refractivity contribution in [2.24, 2.45) is 11.3 Å². The molecule has 0 aliphatic heterocycles. The van der Waals surface area contributed by atoms with Crippen LogP contribution in [-0.4, -0.2) is 35.1 Å². The Bertz CT molecular complexity index is 379. The highest BCUT2D eigenvalue weighted by atomic mass is 16.3. The quantitative estimate of drug-likeness (QED) is 0.737. The number of nitrogens with one attached hydrogen (secondary N) is 2. The Kier molecular flexibility index (Phi) is 5.79. The zero-order chi connectivity index (χ0) is 16.3. The Hall–Kier alpha value is -1.10. The van der Waals surface area contributed by atoms with Crippen LogP contribution in [0.1, 0.15) is 60.3 Å². The number of rotatable bonds is 4. The molecule has 122 valence electrons. The Morgan fingerprint density at radius 2 is 1.81 bits per heavy atom. The van der Waals surface area contributed by atoms with E-state index < -0.39 is 17.0 Å². The minimum Gasteiger partial charge on any atom is -0.394 e. The van der Waals surface area contributed by atoms with Crippen molar-refractivity contribution in [3.05, 3.63) is 0 Å². The van der Waals surface area contributed by atoms with Gasteiger partial charge in [-0.2, -0.15) is 0 Å². The summed E-state index contributed by atoms with van der Waals surface area (Å²) in [6, 6.07) is -0.598. The molecule has 0 aromatic heterocycles. The van der Waals surface area contributed by atoms with Crippen LogP contribution in [0.2, 0.25) is 0 Å². The summed E-state index contributed by atoms with van der Waals surface area (Å²) in [7, 11) is 0. The summed E-state index contributed by atoms with van der Waals surface area (Å²) < 4.78 is 0. The van der Waals surface area contributed by atoms with Gasteiger partial charge in [-0.1, -0.05) is 27.7 Å². The molecule has 1 unspecified atom stereocenters. The largest absolute Gasteiger partial charge is 0.394 e. The van der Waals surface area contributed by atoms with Gasteiger partial charge in [0.1, 0.15) is 6.04 Å². The van der Waals surface area contributed by atoms with E-state index in [9.17, 15) is 14.7 Å². The van der Waals surface area contributed by atoms with Gasteiger partial charge < -0.3 is 15.7 Å². The lowest BCUT2D eigenvalue weighted by atomic mass is 9.77. The van der Waals surface area contributed by atoms with E-state index in [0.717, 1.165) is 25.7 Å². The van der Waals surface area contributed by atoms with Crippen LogP contribution in [0.15, 0.2) is 0 Å². The van der Waals surface area contributed by atoms with Crippen LogP contribution < -0.4 is 10.6 Å². The molecule has 1 aliphatic rings. The lowest BCUT2D eigenvalue weighted by Gasteiger charge is -2.39. The molecule has 0 heterocycles. The van der Waals surface area contributed by atoms with Crippen molar-refractivity contribution in [2.75, 3.05) is 6.61 Å². The first-order valence-corrected chi connectivity index (χ1v) is 7.83. The third kappa shape index (κ3) is 4.99. The van der Waals surface area contributed by atoms with Crippen molar-refractivity contribution in [3.8, 4) is 0 Å². The second kappa shape index (κ2) is 6.77. The van der Waals surface area contributed by atoms with Gasteiger partial charge in [-0.25, -0.2) is 0 Å². The molecule has 1 fully saturated rings. The van der Waals surface area contributed by atoms with Gasteiger partial charge >= 0.3 is 0 Å². The molecule has 1 atom stereocenters. The molecule has 2 amide bonds. The van der Waals surface area contributed by atoms with Gasteiger partial charge in [0.15, 0.2) is 0 Å². The van der Waals surface area contributed by atoms with Gasteiger partial charge in [0.2, 0.25) is 11.8 Å². The topological polar surface area (TPSA) is 78.4 Å². The SMILES string of the molecule is CC1CCC(CO)(NC(=O)C(C)NC(=O)C(C)(C)C)CC1. The first-order chi connectivity index (χ1) is 9.59. The molecule has 0 aromatic rings. The minimum atomic E-state index is -0.598. The summed E-state index contributed by atoms with van der Waals surface area (Å²) in [5, 5.41) is 15.3. The molecular formula is C16H30N2O3. The summed E-state index contributed by atoms with van der Waals surface area (Å²) >= 11 is 0. The molecule has 5 heteroatoms. The van der Waals surface area contributed by atoms with Gasteiger partial charge in [0.05, 0.1) is 12.1 Å². The van der Waals surface area contributed by atoms with E-state index in [-0.39, 0.29) is 18.4 Å². The van der Waals surface area contributed by atoms with Gasteiger partial charge in [-0.3, -0.25) is 9.59 Å². The Morgan fingerprint density at radius 3 is 2.24 bits per heavy atom. The first kappa shape index (κ1) is 18.0. The number of aliphatic hydroxyl groups is 1. The van der Waals surface area contributed by atoms with E-state index in [1.54, 1.807) is 6.92 Å². The lowest BCUT2D eigenvalue weighted by molar-refractivity contribution is -0.134. The fourth-order valence-electron chi connectivity index (χ4n) is 2.49. The number of carbonyl (C=O) groups excluding carboxylic acids is 2. The molecule has 0 aromatic carbocycles. The third-order valence-corrected chi connectivity index (χ3v) is 4.34.